The second kappa shape index (κ2) is 3.70. The van der Waals surface area contributed by atoms with Gasteiger partial charge in [-0.05, 0) is 18.8 Å². The van der Waals surface area contributed by atoms with Gasteiger partial charge in [0.1, 0.15) is 6.10 Å². The molecule has 1 aliphatic carbocycles. The van der Waals surface area contributed by atoms with Gasteiger partial charge in [0.25, 0.3) is 0 Å². The van der Waals surface area contributed by atoms with Gasteiger partial charge in [0.05, 0.1) is 6.26 Å². The number of rotatable bonds is 2. The molecular formula is C11H21NO. The molecule has 0 bridgehead atoms. The molecule has 0 aliphatic heterocycles. The van der Waals surface area contributed by atoms with Crippen LogP contribution in [-0.2, 0) is 4.74 Å². The Kier molecular flexibility index (Phi) is 3.01. The molecular weight excluding hydrogens is 162 g/mol. The Morgan fingerprint density at radius 3 is 2.62 bits per heavy atom. The quantitative estimate of drug-likeness (QED) is 0.667. The highest BCUT2D eigenvalue weighted by molar-refractivity contribution is 4.93. The molecule has 1 fully saturated rings. The zero-order chi connectivity index (χ0) is 10.1. The SMILES string of the molecule is C=COC1C(C)CC(N)CC1(C)C. The van der Waals surface area contributed by atoms with Crippen LogP contribution in [0.25, 0.3) is 0 Å². The molecule has 1 rings (SSSR count). The molecule has 3 unspecified atom stereocenters. The Morgan fingerprint density at radius 2 is 2.15 bits per heavy atom. The minimum atomic E-state index is 0.172. The summed E-state index contributed by atoms with van der Waals surface area (Å²) in [4.78, 5) is 0. The first-order valence-corrected chi connectivity index (χ1v) is 4.99. The van der Waals surface area contributed by atoms with Crippen LogP contribution < -0.4 is 5.73 Å². The Balaban J connectivity index is 2.72. The van der Waals surface area contributed by atoms with Crippen LogP contribution in [0.5, 0.6) is 0 Å². The van der Waals surface area contributed by atoms with Gasteiger partial charge in [0.2, 0.25) is 0 Å². The number of nitrogens with two attached hydrogens (primary N) is 1. The molecule has 2 heteroatoms. The van der Waals surface area contributed by atoms with Crippen molar-refractivity contribution in [3.05, 3.63) is 12.8 Å². The van der Waals surface area contributed by atoms with Crippen molar-refractivity contribution in [1.82, 2.24) is 0 Å². The number of hydrogen-bond donors (Lipinski definition) is 1. The molecule has 0 amide bonds. The Morgan fingerprint density at radius 1 is 1.54 bits per heavy atom. The van der Waals surface area contributed by atoms with Crippen LogP contribution in [-0.4, -0.2) is 12.1 Å². The summed E-state index contributed by atoms with van der Waals surface area (Å²) in [6, 6.07) is 0.328. The molecule has 2 N–H and O–H groups in total. The predicted octanol–water partition coefficient (Wildman–Crippen LogP) is 2.30. The highest BCUT2D eigenvalue weighted by Gasteiger charge is 2.41. The van der Waals surface area contributed by atoms with E-state index in [1.54, 1.807) is 6.26 Å². The smallest absolute Gasteiger partial charge is 0.105 e. The van der Waals surface area contributed by atoms with Crippen molar-refractivity contribution < 1.29 is 4.74 Å². The second-order valence-electron chi connectivity index (χ2n) is 4.89. The highest BCUT2D eigenvalue weighted by atomic mass is 16.5. The molecule has 0 aromatic carbocycles. The summed E-state index contributed by atoms with van der Waals surface area (Å²) in [6.07, 6.45) is 3.92. The van der Waals surface area contributed by atoms with Gasteiger partial charge in [-0.3, -0.25) is 0 Å². The molecule has 0 saturated heterocycles. The van der Waals surface area contributed by atoms with Crippen LogP contribution in [0.2, 0.25) is 0 Å². The van der Waals surface area contributed by atoms with Gasteiger partial charge in [-0.25, -0.2) is 0 Å². The maximum Gasteiger partial charge on any atom is 0.105 e. The third kappa shape index (κ3) is 2.25. The van der Waals surface area contributed by atoms with Crippen molar-refractivity contribution in [2.75, 3.05) is 0 Å². The van der Waals surface area contributed by atoms with Gasteiger partial charge in [-0.2, -0.15) is 0 Å². The molecule has 13 heavy (non-hydrogen) atoms. The maximum absolute atomic E-state index is 5.98. The molecule has 0 aromatic heterocycles. The highest BCUT2D eigenvalue weighted by Crippen LogP contribution is 2.40. The van der Waals surface area contributed by atoms with E-state index in [1.807, 2.05) is 0 Å². The normalized spacial score (nSPS) is 38.3. The second-order valence-corrected chi connectivity index (χ2v) is 4.89. The van der Waals surface area contributed by atoms with E-state index in [9.17, 15) is 0 Å². The Bertz CT molecular complexity index is 189. The summed E-state index contributed by atoms with van der Waals surface area (Å²) in [5.74, 6) is 0.525. The van der Waals surface area contributed by atoms with Gasteiger partial charge in [-0.15, -0.1) is 0 Å². The van der Waals surface area contributed by atoms with E-state index in [0.29, 0.717) is 12.0 Å². The van der Waals surface area contributed by atoms with Crippen LogP contribution in [0.15, 0.2) is 12.8 Å². The fourth-order valence-electron chi connectivity index (χ4n) is 2.67. The van der Waals surface area contributed by atoms with Crippen LogP contribution in [0.4, 0.5) is 0 Å². The van der Waals surface area contributed by atoms with E-state index >= 15 is 0 Å². The lowest BCUT2D eigenvalue weighted by Crippen LogP contribution is -2.47. The van der Waals surface area contributed by atoms with E-state index in [4.69, 9.17) is 10.5 Å². The molecule has 3 atom stereocenters. The fraction of sp³-hybridized carbons (Fsp3) is 0.818. The zero-order valence-electron chi connectivity index (χ0n) is 8.92. The van der Waals surface area contributed by atoms with Crippen molar-refractivity contribution in [2.45, 2.75) is 45.8 Å². The first kappa shape index (κ1) is 10.6. The third-order valence-corrected chi connectivity index (χ3v) is 2.99. The summed E-state index contributed by atoms with van der Waals surface area (Å²) in [6.45, 7) is 10.3. The average molecular weight is 183 g/mol. The summed E-state index contributed by atoms with van der Waals surface area (Å²) < 4.78 is 5.57. The number of hydrogen-bond acceptors (Lipinski definition) is 2. The van der Waals surface area contributed by atoms with Crippen molar-refractivity contribution >= 4 is 0 Å². The van der Waals surface area contributed by atoms with Gasteiger partial charge < -0.3 is 10.5 Å². The molecule has 1 saturated carbocycles. The van der Waals surface area contributed by atoms with Gasteiger partial charge in [-0.1, -0.05) is 27.4 Å². The zero-order valence-corrected chi connectivity index (χ0v) is 8.92. The minimum Gasteiger partial charge on any atom is -0.498 e. The monoisotopic (exact) mass is 183 g/mol. The third-order valence-electron chi connectivity index (χ3n) is 2.99. The van der Waals surface area contributed by atoms with Crippen LogP contribution in [0.3, 0.4) is 0 Å². The fourth-order valence-corrected chi connectivity index (χ4v) is 2.67. The van der Waals surface area contributed by atoms with Crippen LogP contribution in [0.1, 0.15) is 33.6 Å². The standard InChI is InChI=1S/C11H21NO/c1-5-13-10-8(2)6-9(12)7-11(10,3)4/h5,8-10H,1,6-7,12H2,2-4H3. The predicted molar refractivity (Wildman–Crippen MR) is 55.2 cm³/mol. The first-order chi connectivity index (χ1) is 5.97. The summed E-state index contributed by atoms with van der Waals surface area (Å²) >= 11 is 0. The van der Waals surface area contributed by atoms with Crippen molar-refractivity contribution in [3.8, 4) is 0 Å². The van der Waals surface area contributed by atoms with Crippen molar-refractivity contribution in [1.29, 1.82) is 0 Å². The number of ether oxygens (including phenoxy) is 1. The Labute approximate surface area is 81.1 Å². The van der Waals surface area contributed by atoms with Gasteiger partial charge in [0.15, 0.2) is 0 Å². The lowest BCUT2D eigenvalue weighted by atomic mass is 9.68. The van der Waals surface area contributed by atoms with Gasteiger partial charge in [0, 0.05) is 11.5 Å². The minimum absolute atomic E-state index is 0.172. The van der Waals surface area contributed by atoms with E-state index in [0.717, 1.165) is 12.8 Å². The molecule has 0 heterocycles. The molecule has 0 spiro atoms. The molecule has 76 valence electrons. The lowest BCUT2D eigenvalue weighted by Gasteiger charge is -2.44. The van der Waals surface area contributed by atoms with Gasteiger partial charge >= 0.3 is 0 Å². The van der Waals surface area contributed by atoms with E-state index in [-0.39, 0.29) is 11.5 Å². The van der Waals surface area contributed by atoms with E-state index in [2.05, 4.69) is 27.4 Å². The van der Waals surface area contributed by atoms with E-state index in [1.165, 1.54) is 0 Å². The van der Waals surface area contributed by atoms with E-state index < -0.39 is 0 Å². The Hall–Kier alpha value is -0.500. The summed E-state index contributed by atoms with van der Waals surface area (Å²) in [5, 5.41) is 0. The maximum atomic E-state index is 5.98. The summed E-state index contributed by atoms with van der Waals surface area (Å²) in [7, 11) is 0. The molecule has 1 aliphatic rings. The lowest BCUT2D eigenvalue weighted by molar-refractivity contribution is -0.0415. The topological polar surface area (TPSA) is 35.2 Å². The first-order valence-electron chi connectivity index (χ1n) is 4.99. The van der Waals surface area contributed by atoms with Crippen molar-refractivity contribution in [3.63, 3.8) is 0 Å². The van der Waals surface area contributed by atoms with Crippen LogP contribution >= 0.6 is 0 Å². The van der Waals surface area contributed by atoms with Crippen LogP contribution in [0, 0.1) is 11.3 Å². The largest absolute Gasteiger partial charge is 0.498 e. The summed E-state index contributed by atoms with van der Waals surface area (Å²) in [5.41, 5.74) is 6.15. The molecule has 0 radical (unpaired) electrons. The average Bonchev–Trinajstić information content (AvgIpc) is 1.95. The molecule has 2 nitrogen and oxygen atoms in total. The van der Waals surface area contributed by atoms with Crippen molar-refractivity contribution in [2.24, 2.45) is 17.1 Å². The molecule has 0 aromatic rings.